The number of hydrogen-bond acceptors (Lipinski definition) is 4. The van der Waals surface area contributed by atoms with Gasteiger partial charge in [0.25, 0.3) is 0 Å². The molecule has 0 atom stereocenters. The van der Waals surface area contributed by atoms with Gasteiger partial charge in [-0.15, -0.1) is 24.0 Å². The Morgan fingerprint density at radius 1 is 1.03 bits per heavy atom. The van der Waals surface area contributed by atoms with Crippen molar-refractivity contribution in [3.63, 3.8) is 0 Å². The lowest BCUT2D eigenvalue weighted by Crippen LogP contribution is -2.36. The van der Waals surface area contributed by atoms with Crippen LogP contribution in [0, 0.1) is 0 Å². The lowest BCUT2D eigenvalue weighted by atomic mass is 10.2. The number of aliphatic imine (C=N–C) groups is 1. The van der Waals surface area contributed by atoms with Crippen LogP contribution in [0.5, 0.6) is 0 Å². The highest BCUT2D eigenvalue weighted by molar-refractivity contribution is 14.0. The summed E-state index contributed by atoms with van der Waals surface area (Å²) in [6.07, 6.45) is 3.02. The van der Waals surface area contributed by atoms with Crippen LogP contribution in [0.15, 0.2) is 70.3 Å². The number of amides is 1. The summed E-state index contributed by atoms with van der Waals surface area (Å²) in [5.74, 6) is 1.34. The zero-order valence-corrected chi connectivity index (χ0v) is 20.8. The highest BCUT2D eigenvalue weighted by Crippen LogP contribution is 2.17. The smallest absolute Gasteiger partial charge is 0.226 e. The molecule has 3 aromatic rings. The minimum Gasteiger partial charge on any atom is -0.444 e. The third-order valence-electron chi connectivity index (χ3n) is 4.49. The highest BCUT2D eigenvalue weighted by atomic mass is 127. The van der Waals surface area contributed by atoms with Crippen molar-refractivity contribution in [1.82, 2.24) is 15.6 Å². The first-order valence-corrected chi connectivity index (χ1v) is 10.6. The van der Waals surface area contributed by atoms with Gasteiger partial charge >= 0.3 is 0 Å². The average Bonchev–Trinajstić information content (AvgIpc) is 3.26. The maximum Gasteiger partial charge on any atom is 0.226 e. The predicted octanol–water partition coefficient (Wildman–Crippen LogP) is 4.95. The van der Waals surface area contributed by atoms with Gasteiger partial charge < -0.3 is 20.4 Å². The normalized spacial score (nSPS) is 10.9. The van der Waals surface area contributed by atoms with E-state index in [2.05, 4.69) is 25.9 Å². The van der Waals surface area contributed by atoms with E-state index in [1.165, 1.54) is 0 Å². The molecule has 170 valence electrons. The molecule has 0 unspecified atom stereocenters. The molecule has 0 spiro atoms. The van der Waals surface area contributed by atoms with Gasteiger partial charge in [-0.25, -0.2) is 9.98 Å². The molecule has 0 aliphatic heterocycles. The van der Waals surface area contributed by atoms with Gasteiger partial charge in [0.1, 0.15) is 6.26 Å². The van der Waals surface area contributed by atoms with Gasteiger partial charge in [-0.05, 0) is 43.2 Å². The van der Waals surface area contributed by atoms with Crippen molar-refractivity contribution >= 4 is 41.5 Å². The van der Waals surface area contributed by atoms with Crippen LogP contribution in [0.25, 0.3) is 11.5 Å². The van der Waals surface area contributed by atoms with Crippen molar-refractivity contribution in [2.45, 2.75) is 39.8 Å². The summed E-state index contributed by atoms with van der Waals surface area (Å²) in [6, 6.07) is 17.6. The Kier molecular flexibility index (Phi) is 10.7. The number of guanidine groups is 1. The van der Waals surface area contributed by atoms with Crippen LogP contribution in [0.4, 0.5) is 5.69 Å². The second-order valence-electron chi connectivity index (χ2n) is 7.05. The molecule has 0 saturated carbocycles. The van der Waals surface area contributed by atoms with Crippen molar-refractivity contribution in [2.75, 3.05) is 11.9 Å². The zero-order valence-electron chi connectivity index (χ0n) is 18.4. The van der Waals surface area contributed by atoms with Crippen molar-refractivity contribution in [3.8, 4) is 11.5 Å². The number of aromatic nitrogens is 1. The molecule has 1 amide bonds. The number of carbonyl (C=O) groups is 1. The van der Waals surface area contributed by atoms with Crippen molar-refractivity contribution < 1.29 is 9.21 Å². The quantitative estimate of drug-likeness (QED) is 0.200. The summed E-state index contributed by atoms with van der Waals surface area (Å²) in [7, 11) is 0. The molecule has 0 bridgehead atoms. The number of rotatable bonds is 9. The van der Waals surface area contributed by atoms with Gasteiger partial charge in [0.15, 0.2) is 5.96 Å². The fourth-order valence-electron chi connectivity index (χ4n) is 2.93. The fraction of sp³-hybridized carbons (Fsp3) is 0.292. The molecule has 3 rings (SSSR count). The van der Waals surface area contributed by atoms with Crippen LogP contribution in [-0.2, 0) is 17.9 Å². The Morgan fingerprint density at radius 3 is 2.47 bits per heavy atom. The molecule has 3 N–H and O–H groups in total. The monoisotopic (exact) mass is 547 g/mol. The molecule has 8 heteroatoms. The fourth-order valence-corrected chi connectivity index (χ4v) is 2.93. The summed E-state index contributed by atoms with van der Waals surface area (Å²) in [4.78, 5) is 20.9. The largest absolute Gasteiger partial charge is 0.444 e. The molecule has 1 aromatic heterocycles. The Bertz CT molecular complexity index is 987. The lowest BCUT2D eigenvalue weighted by Gasteiger charge is -2.10. The average molecular weight is 547 g/mol. The Labute approximate surface area is 206 Å². The highest BCUT2D eigenvalue weighted by Gasteiger charge is 2.07. The molecule has 1 heterocycles. The SMILES string of the molecule is CCCC(=O)Nc1ccc(CN=C(NCC)NCc2coc(-c3ccccc3)n2)cc1.I. The molecular formula is C24H30IN5O2. The van der Waals surface area contributed by atoms with E-state index in [0.717, 1.165) is 35.5 Å². The molecule has 0 aliphatic rings. The van der Waals surface area contributed by atoms with Crippen LogP contribution in [-0.4, -0.2) is 23.4 Å². The van der Waals surface area contributed by atoms with Gasteiger partial charge in [0.05, 0.1) is 18.8 Å². The molecule has 7 nitrogen and oxygen atoms in total. The van der Waals surface area contributed by atoms with Crippen LogP contribution in [0.2, 0.25) is 0 Å². The van der Waals surface area contributed by atoms with Gasteiger partial charge in [-0.1, -0.05) is 37.3 Å². The number of halogens is 1. The number of nitrogens with zero attached hydrogens (tertiary/aromatic N) is 2. The van der Waals surface area contributed by atoms with Gasteiger partial charge in [0, 0.05) is 24.2 Å². The first-order chi connectivity index (χ1) is 15.2. The standard InChI is InChI=1S/C24H29N5O2.HI/c1-3-8-22(30)28-20-13-11-18(12-14-20)15-26-24(25-4-2)27-16-21-17-31-23(29-21)19-9-6-5-7-10-19;/h5-7,9-14,17H,3-4,8,15-16H2,1-2H3,(H,28,30)(H2,25,26,27);1H. The maximum atomic E-state index is 11.7. The predicted molar refractivity (Wildman–Crippen MR) is 139 cm³/mol. The molecule has 0 fully saturated rings. The number of hydrogen-bond donors (Lipinski definition) is 3. The molecule has 2 aromatic carbocycles. The lowest BCUT2D eigenvalue weighted by molar-refractivity contribution is -0.116. The van der Waals surface area contributed by atoms with Gasteiger partial charge in [0.2, 0.25) is 11.8 Å². The summed E-state index contributed by atoms with van der Waals surface area (Å²) in [6.45, 7) is 5.79. The van der Waals surface area contributed by atoms with E-state index in [0.29, 0.717) is 31.4 Å². The second kappa shape index (κ2) is 13.5. The van der Waals surface area contributed by atoms with Crippen molar-refractivity contribution in [1.29, 1.82) is 0 Å². The molecule has 0 radical (unpaired) electrons. The van der Waals surface area contributed by atoms with Gasteiger partial charge in [-0.2, -0.15) is 0 Å². The number of carbonyl (C=O) groups excluding carboxylic acids is 1. The summed E-state index contributed by atoms with van der Waals surface area (Å²) >= 11 is 0. The molecular weight excluding hydrogens is 517 g/mol. The molecule has 0 saturated heterocycles. The molecule has 32 heavy (non-hydrogen) atoms. The number of benzene rings is 2. The third kappa shape index (κ3) is 7.99. The van der Waals surface area contributed by atoms with E-state index >= 15 is 0 Å². The number of oxazole rings is 1. The van der Waals surface area contributed by atoms with E-state index in [1.807, 2.05) is 68.4 Å². The second-order valence-corrected chi connectivity index (χ2v) is 7.05. The first-order valence-electron chi connectivity index (χ1n) is 10.6. The third-order valence-corrected chi connectivity index (χ3v) is 4.49. The minimum atomic E-state index is 0. The van der Waals surface area contributed by atoms with Crippen molar-refractivity contribution in [3.05, 3.63) is 72.1 Å². The van der Waals surface area contributed by atoms with Crippen LogP contribution in [0.1, 0.15) is 37.9 Å². The van der Waals surface area contributed by atoms with Crippen molar-refractivity contribution in [2.24, 2.45) is 4.99 Å². The Morgan fingerprint density at radius 2 is 1.78 bits per heavy atom. The van der Waals surface area contributed by atoms with E-state index < -0.39 is 0 Å². The molecule has 0 aliphatic carbocycles. The summed E-state index contributed by atoms with van der Waals surface area (Å²) in [5.41, 5.74) is 3.61. The van der Waals surface area contributed by atoms with E-state index in [-0.39, 0.29) is 29.9 Å². The minimum absolute atomic E-state index is 0. The van der Waals surface area contributed by atoms with Crippen LogP contribution in [0.3, 0.4) is 0 Å². The Hall–Kier alpha value is -2.88. The maximum absolute atomic E-state index is 11.7. The Balaban J connectivity index is 0.00000363. The van der Waals surface area contributed by atoms with E-state index in [1.54, 1.807) is 6.26 Å². The van der Waals surface area contributed by atoms with E-state index in [9.17, 15) is 4.79 Å². The van der Waals surface area contributed by atoms with Crippen LogP contribution < -0.4 is 16.0 Å². The van der Waals surface area contributed by atoms with E-state index in [4.69, 9.17) is 4.42 Å². The van der Waals surface area contributed by atoms with Crippen LogP contribution >= 0.6 is 24.0 Å². The zero-order chi connectivity index (χ0) is 21.9. The number of nitrogens with one attached hydrogen (secondary N) is 3. The summed E-state index contributed by atoms with van der Waals surface area (Å²) < 4.78 is 5.58. The van der Waals surface area contributed by atoms with Gasteiger partial charge in [-0.3, -0.25) is 4.79 Å². The number of anilines is 1. The topological polar surface area (TPSA) is 91.5 Å². The summed E-state index contributed by atoms with van der Waals surface area (Å²) in [5, 5.41) is 9.41. The first kappa shape index (κ1) is 25.4.